The lowest BCUT2D eigenvalue weighted by Gasteiger charge is -2.16. The van der Waals surface area contributed by atoms with Gasteiger partial charge in [-0.2, -0.15) is 4.98 Å². The van der Waals surface area contributed by atoms with Gasteiger partial charge in [0.1, 0.15) is 18.5 Å². The smallest absolute Gasteiger partial charge is 0.332 e. The summed E-state index contributed by atoms with van der Waals surface area (Å²) in [5, 5.41) is 13.6. The number of benzene rings is 1. The van der Waals surface area contributed by atoms with Crippen LogP contribution in [0.5, 0.6) is 5.75 Å². The highest BCUT2D eigenvalue weighted by Crippen LogP contribution is 2.17. The number of hydrogen-bond acceptors (Lipinski definition) is 6. The zero-order chi connectivity index (χ0) is 20.4. The minimum atomic E-state index is -0.878. The Morgan fingerprint density at radius 2 is 2.00 bits per heavy atom. The van der Waals surface area contributed by atoms with Gasteiger partial charge in [0.2, 0.25) is 5.95 Å². The highest BCUT2D eigenvalue weighted by molar-refractivity contribution is 5.74. The van der Waals surface area contributed by atoms with Crippen molar-refractivity contribution in [1.29, 1.82) is 0 Å². The zero-order valence-corrected chi connectivity index (χ0v) is 16.5. The van der Waals surface area contributed by atoms with Crippen LogP contribution in [-0.4, -0.2) is 43.0 Å². The monoisotopic (exact) mass is 387 g/mol. The molecule has 0 saturated heterocycles. The highest BCUT2D eigenvalue weighted by atomic mass is 16.5. The van der Waals surface area contributed by atoms with Crippen molar-refractivity contribution in [2.45, 2.75) is 26.5 Å². The van der Waals surface area contributed by atoms with Crippen LogP contribution in [0.25, 0.3) is 11.2 Å². The molecule has 2 heterocycles. The summed E-state index contributed by atoms with van der Waals surface area (Å²) in [5.74, 6) is 1.09. The van der Waals surface area contributed by atoms with Gasteiger partial charge >= 0.3 is 5.69 Å². The lowest BCUT2D eigenvalue weighted by molar-refractivity contribution is 0.0938. The fraction of sp³-hybridized carbons (Fsp3) is 0.421. The number of fused-ring (bicyclic) bond motifs is 1. The molecule has 1 atom stereocenters. The molecule has 28 heavy (non-hydrogen) atoms. The number of rotatable bonds is 7. The van der Waals surface area contributed by atoms with Crippen molar-refractivity contribution in [3.05, 3.63) is 50.7 Å². The number of ether oxygens (including phenoxy) is 1. The molecule has 3 aromatic rings. The van der Waals surface area contributed by atoms with Gasteiger partial charge in [-0.25, -0.2) is 4.79 Å². The second-order valence-corrected chi connectivity index (χ2v) is 6.74. The summed E-state index contributed by atoms with van der Waals surface area (Å²) in [4.78, 5) is 29.3. The van der Waals surface area contributed by atoms with E-state index in [1.165, 1.54) is 11.6 Å². The van der Waals surface area contributed by atoms with Gasteiger partial charge in [-0.3, -0.25) is 13.9 Å². The minimum absolute atomic E-state index is 0.0563. The van der Waals surface area contributed by atoms with Crippen molar-refractivity contribution in [1.82, 2.24) is 18.7 Å². The first-order valence-electron chi connectivity index (χ1n) is 9.11. The molecule has 0 bridgehead atoms. The van der Waals surface area contributed by atoms with Crippen LogP contribution in [0.15, 0.2) is 33.9 Å². The normalized spacial score (nSPS) is 12.3. The molecule has 3 rings (SSSR count). The first-order chi connectivity index (χ1) is 13.3. The number of nitrogens with zero attached hydrogens (tertiary/aromatic N) is 4. The third-order valence-electron chi connectivity index (χ3n) is 4.51. The van der Waals surface area contributed by atoms with Gasteiger partial charge in [0.25, 0.3) is 5.56 Å². The van der Waals surface area contributed by atoms with E-state index in [4.69, 9.17) is 4.74 Å². The lowest BCUT2D eigenvalue weighted by Crippen LogP contribution is -2.38. The van der Waals surface area contributed by atoms with Gasteiger partial charge in [-0.15, -0.1) is 0 Å². The van der Waals surface area contributed by atoms with E-state index in [0.717, 1.165) is 10.1 Å². The Balaban J connectivity index is 1.93. The first-order valence-corrected chi connectivity index (χ1v) is 9.11. The van der Waals surface area contributed by atoms with Crippen molar-refractivity contribution in [3.63, 3.8) is 0 Å². The summed E-state index contributed by atoms with van der Waals surface area (Å²) < 4.78 is 9.62. The lowest BCUT2D eigenvalue weighted by atomic mass is 10.2. The number of hydrogen-bond donors (Lipinski definition) is 2. The second-order valence-electron chi connectivity index (χ2n) is 6.74. The summed E-state index contributed by atoms with van der Waals surface area (Å²) in [7, 11) is 2.99. The number of anilines is 1. The van der Waals surface area contributed by atoms with E-state index < -0.39 is 17.4 Å². The molecule has 9 heteroatoms. The Kier molecular flexibility index (Phi) is 5.55. The van der Waals surface area contributed by atoms with E-state index in [9.17, 15) is 14.7 Å². The summed E-state index contributed by atoms with van der Waals surface area (Å²) in [6.45, 7) is 4.59. The maximum atomic E-state index is 12.7. The molecular weight excluding hydrogens is 362 g/mol. The average Bonchev–Trinajstić information content (AvgIpc) is 3.01. The summed E-state index contributed by atoms with van der Waals surface area (Å²) in [6, 6.07) is 7.55. The number of aryl methyl sites for hydroxylation is 2. The quantitative estimate of drug-likeness (QED) is 0.616. The number of imidazole rings is 1. The Morgan fingerprint density at radius 1 is 1.25 bits per heavy atom. The minimum Gasteiger partial charge on any atom is -0.491 e. The first kappa shape index (κ1) is 19.7. The highest BCUT2D eigenvalue weighted by Gasteiger charge is 2.21. The summed E-state index contributed by atoms with van der Waals surface area (Å²) in [6.07, 6.45) is -0.878. The molecule has 0 radical (unpaired) electrons. The Morgan fingerprint density at radius 3 is 2.68 bits per heavy atom. The fourth-order valence-electron chi connectivity index (χ4n) is 3.08. The maximum Gasteiger partial charge on any atom is 0.332 e. The SMILES string of the molecule is CCNc1nc2c(c(=O)n(C)c(=O)n2C)n1C[C@H](O)COc1cccc(C)c1. The van der Waals surface area contributed by atoms with Gasteiger partial charge in [0, 0.05) is 20.6 Å². The Bertz CT molecular complexity index is 1110. The van der Waals surface area contributed by atoms with Crippen LogP contribution < -0.4 is 21.3 Å². The van der Waals surface area contributed by atoms with Crippen LogP contribution in [0.2, 0.25) is 0 Å². The molecule has 2 N–H and O–H groups in total. The molecule has 0 unspecified atom stereocenters. The topological polar surface area (TPSA) is 103 Å². The number of aliphatic hydroxyl groups excluding tert-OH is 1. The summed E-state index contributed by atoms with van der Waals surface area (Å²) >= 11 is 0. The van der Waals surface area contributed by atoms with Crippen LogP contribution in [-0.2, 0) is 20.6 Å². The average molecular weight is 387 g/mol. The molecule has 0 amide bonds. The summed E-state index contributed by atoms with van der Waals surface area (Å²) in [5.41, 5.74) is 0.688. The number of aliphatic hydroxyl groups is 1. The van der Waals surface area contributed by atoms with Crippen LogP contribution in [0.3, 0.4) is 0 Å². The second kappa shape index (κ2) is 7.89. The molecule has 0 spiro atoms. The molecular formula is C19H25N5O4. The molecule has 0 aliphatic carbocycles. The molecule has 2 aromatic heterocycles. The van der Waals surface area contributed by atoms with E-state index in [1.807, 2.05) is 38.1 Å². The van der Waals surface area contributed by atoms with Crippen LogP contribution in [0, 0.1) is 6.92 Å². The van der Waals surface area contributed by atoms with E-state index >= 15 is 0 Å². The van der Waals surface area contributed by atoms with Crippen LogP contribution >= 0.6 is 0 Å². The third kappa shape index (κ3) is 3.65. The Labute approximate surface area is 161 Å². The predicted octanol–water partition coefficient (Wildman–Crippen LogP) is 0.614. The number of nitrogens with one attached hydrogen (secondary N) is 1. The standard InChI is InChI=1S/C19H25N5O4/c1-5-20-18-21-16-15(17(26)23(4)19(27)22(16)3)24(18)10-13(25)11-28-14-8-6-7-12(2)9-14/h6-9,13,25H,5,10-11H2,1-4H3,(H,20,21)/t13-/m0/s1. The third-order valence-corrected chi connectivity index (χ3v) is 4.51. The van der Waals surface area contributed by atoms with E-state index in [0.29, 0.717) is 18.2 Å². The van der Waals surface area contributed by atoms with Gasteiger partial charge < -0.3 is 19.7 Å². The molecule has 0 aliphatic rings. The fourth-order valence-corrected chi connectivity index (χ4v) is 3.08. The molecule has 9 nitrogen and oxygen atoms in total. The van der Waals surface area contributed by atoms with Gasteiger partial charge in [0.05, 0.1) is 6.54 Å². The molecule has 0 fully saturated rings. The largest absolute Gasteiger partial charge is 0.491 e. The van der Waals surface area contributed by atoms with Crippen molar-refractivity contribution >= 4 is 17.1 Å². The molecule has 0 aliphatic heterocycles. The number of aromatic nitrogens is 4. The van der Waals surface area contributed by atoms with Crippen molar-refractivity contribution < 1.29 is 9.84 Å². The van der Waals surface area contributed by atoms with E-state index in [1.54, 1.807) is 11.6 Å². The van der Waals surface area contributed by atoms with Crippen molar-refractivity contribution in [2.24, 2.45) is 14.1 Å². The van der Waals surface area contributed by atoms with Gasteiger partial charge in [-0.05, 0) is 31.5 Å². The van der Waals surface area contributed by atoms with E-state index in [-0.39, 0.29) is 24.3 Å². The Hall–Kier alpha value is -3.07. The van der Waals surface area contributed by atoms with Gasteiger partial charge in [-0.1, -0.05) is 12.1 Å². The van der Waals surface area contributed by atoms with Crippen molar-refractivity contribution in [2.75, 3.05) is 18.5 Å². The molecule has 0 saturated carbocycles. The van der Waals surface area contributed by atoms with Gasteiger partial charge in [0.15, 0.2) is 11.2 Å². The van der Waals surface area contributed by atoms with Crippen LogP contribution in [0.1, 0.15) is 12.5 Å². The predicted molar refractivity (Wildman–Crippen MR) is 107 cm³/mol. The molecule has 150 valence electrons. The van der Waals surface area contributed by atoms with Crippen molar-refractivity contribution in [3.8, 4) is 5.75 Å². The van der Waals surface area contributed by atoms with Crippen LogP contribution in [0.4, 0.5) is 5.95 Å². The maximum absolute atomic E-state index is 12.7. The van der Waals surface area contributed by atoms with E-state index in [2.05, 4.69) is 10.3 Å². The zero-order valence-electron chi connectivity index (χ0n) is 16.5. The molecule has 1 aromatic carbocycles.